The van der Waals surface area contributed by atoms with Crippen LogP contribution in [0.25, 0.3) is 0 Å². The fourth-order valence-corrected chi connectivity index (χ4v) is 2.24. The van der Waals surface area contributed by atoms with Crippen molar-refractivity contribution < 1.29 is 13.9 Å². The first kappa shape index (κ1) is 16.6. The van der Waals surface area contributed by atoms with Crippen LogP contribution in [0.4, 0.5) is 26.2 Å². The van der Waals surface area contributed by atoms with Crippen molar-refractivity contribution in [2.75, 3.05) is 17.2 Å². The lowest BCUT2D eigenvalue weighted by Crippen LogP contribution is -2.10. The van der Waals surface area contributed by atoms with Gasteiger partial charge in [0.1, 0.15) is 11.6 Å². The SMILES string of the molecule is Oc1cccc(Nc2ncc(F)c(NCCc3ccc(F)cc3)n2)c1. The van der Waals surface area contributed by atoms with E-state index in [0.29, 0.717) is 18.7 Å². The first-order valence-electron chi connectivity index (χ1n) is 7.67. The molecule has 1 aromatic heterocycles. The van der Waals surface area contributed by atoms with Gasteiger partial charge in [-0.3, -0.25) is 0 Å². The zero-order valence-electron chi connectivity index (χ0n) is 13.2. The summed E-state index contributed by atoms with van der Waals surface area (Å²) in [7, 11) is 0. The van der Waals surface area contributed by atoms with Crippen LogP contribution in [0.1, 0.15) is 5.56 Å². The van der Waals surface area contributed by atoms with E-state index in [-0.39, 0.29) is 23.3 Å². The van der Waals surface area contributed by atoms with Crippen molar-refractivity contribution in [1.29, 1.82) is 0 Å². The average Bonchev–Trinajstić information content (AvgIpc) is 2.59. The van der Waals surface area contributed by atoms with E-state index in [1.165, 1.54) is 18.2 Å². The zero-order chi connectivity index (χ0) is 17.6. The third-order valence-electron chi connectivity index (χ3n) is 3.47. The van der Waals surface area contributed by atoms with Crippen molar-refractivity contribution >= 4 is 17.5 Å². The van der Waals surface area contributed by atoms with Crippen molar-refractivity contribution in [1.82, 2.24) is 9.97 Å². The normalized spacial score (nSPS) is 10.5. The van der Waals surface area contributed by atoms with E-state index in [1.807, 2.05) is 0 Å². The number of nitrogens with one attached hydrogen (secondary N) is 2. The summed E-state index contributed by atoms with van der Waals surface area (Å²) in [6.45, 7) is 0.436. The molecule has 2 aromatic carbocycles. The molecule has 0 spiro atoms. The number of rotatable bonds is 6. The number of benzene rings is 2. The molecule has 128 valence electrons. The van der Waals surface area contributed by atoms with Gasteiger partial charge in [0.2, 0.25) is 5.95 Å². The van der Waals surface area contributed by atoms with Gasteiger partial charge in [-0.15, -0.1) is 0 Å². The summed E-state index contributed by atoms with van der Waals surface area (Å²) < 4.78 is 26.7. The molecule has 3 rings (SSSR count). The highest BCUT2D eigenvalue weighted by Gasteiger charge is 2.07. The molecule has 25 heavy (non-hydrogen) atoms. The van der Waals surface area contributed by atoms with Crippen molar-refractivity contribution in [2.45, 2.75) is 6.42 Å². The number of phenolic OH excluding ortho intramolecular Hbond substituents is 1. The lowest BCUT2D eigenvalue weighted by atomic mass is 10.1. The van der Waals surface area contributed by atoms with E-state index >= 15 is 0 Å². The Labute approximate surface area is 143 Å². The second-order valence-corrected chi connectivity index (χ2v) is 5.37. The first-order valence-corrected chi connectivity index (χ1v) is 7.67. The number of halogens is 2. The summed E-state index contributed by atoms with van der Waals surface area (Å²) in [5.41, 5.74) is 1.52. The van der Waals surface area contributed by atoms with Crippen LogP contribution in [-0.2, 0) is 6.42 Å². The Morgan fingerprint density at radius 1 is 1.04 bits per heavy atom. The van der Waals surface area contributed by atoms with Gasteiger partial charge in [-0.25, -0.2) is 13.8 Å². The fourth-order valence-electron chi connectivity index (χ4n) is 2.24. The third-order valence-corrected chi connectivity index (χ3v) is 3.47. The minimum atomic E-state index is -0.569. The van der Waals surface area contributed by atoms with E-state index < -0.39 is 5.82 Å². The quantitative estimate of drug-likeness (QED) is 0.635. The Hall–Kier alpha value is -3.22. The second-order valence-electron chi connectivity index (χ2n) is 5.37. The Morgan fingerprint density at radius 2 is 1.84 bits per heavy atom. The summed E-state index contributed by atoms with van der Waals surface area (Å²) in [5.74, 6) is -0.484. The van der Waals surface area contributed by atoms with Crippen LogP contribution in [0, 0.1) is 11.6 Å². The lowest BCUT2D eigenvalue weighted by Gasteiger charge is -2.09. The molecule has 1 heterocycles. The van der Waals surface area contributed by atoms with E-state index in [4.69, 9.17) is 0 Å². The summed E-state index contributed by atoms with van der Waals surface area (Å²) in [4.78, 5) is 7.97. The summed E-state index contributed by atoms with van der Waals surface area (Å²) in [6, 6.07) is 12.6. The Bertz CT molecular complexity index is 856. The highest BCUT2D eigenvalue weighted by atomic mass is 19.1. The van der Waals surface area contributed by atoms with Gasteiger partial charge in [-0.05, 0) is 36.2 Å². The van der Waals surface area contributed by atoms with Crippen LogP contribution in [0.15, 0.2) is 54.7 Å². The highest BCUT2D eigenvalue weighted by molar-refractivity contribution is 5.56. The minimum Gasteiger partial charge on any atom is -0.508 e. The number of hydrogen-bond donors (Lipinski definition) is 3. The van der Waals surface area contributed by atoms with Crippen LogP contribution < -0.4 is 10.6 Å². The molecule has 0 fully saturated rings. The number of aromatic hydroxyl groups is 1. The molecule has 0 atom stereocenters. The standard InChI is InChI=1S/C18H16F2N4O/c19-13-6-4-12(5-7-13)8-9-21-17-16(20)11-22-18(24-17)23-14-2-1-3-15(25)10-14/h1-7,10-11,25H,8-9H2,(H2,21,22,23,24). The molecule has 0 saturated carbocycles. The number of phenols is 1. The predicted molar refractivity (Wildman–Crippen MR) is 92.0 cm³/mol. The molecule has 3 aromatic rings. The molecule has 0 aliphatic rings. The van der Waals surface area contributed by atoms with Gasteiger partial charge >= 0.3 is 0 Å². The zero-order valence-corrected chi connectivity index (χ0v) is 13.2. The van der Waals surface area contributed by atoms with Gasteiger partial charge in [-0.2, -0.15) is 4.98 Å². The Kier molecular flexibility index (Phi) is 5.03. The molecule has 0 aliphatic heterocycles. The maximum absolute atomic E-state index is 13.8. The molecule has 7 heteroatoms. The van der Waals surface area contributed by atoms with Crippen LogP contribution >= 0.6 is 0 Å². The number of aromatic nitrogens is 2. The highest BCUT2D eigenvalue weighted by Crippen LogP contribution is 2.20. The van der Waals surface area contributed by atoms with Crippen LogP contribution in [0.5, 0.6) is 5.75 Å². The topological polar surface area (TPSA) is 70.1 Å². The molecule has 0 bridgehead atoms. The second kappa shape index (κ2) is 7.57. The summed E-state index contributed by atoms with van der Waals surface area (Å²) in [6.07, 6.45) is 1.66. The van der Waals surface area contributed by atoms with Gasteiger partial charge in [0.05, 0.1) is 6.20 Å². The van der Waals surface area contributed by atoms with E-state index in [1.54, 1.807) is 30.3 Å². The monoisotopic (exact) mass is 342 g/mol. The number of nitrogens with zero attached hydrogens (tertiary/aromatic N) is 2. The van der Waals surface area contributed by atoms with Crippen molar-refractivity contribution in [3.63, 3.8) is 0 Å². The van der Waals surface area contributed by atoms with Crippen molar-refractivity contribution in [3.8, 4) is 5.75 Å². The van der Waals surface area contributed by atoms with Crippen LogP contribution in [-0.4, -0.2) is 21.6 Å². The molecule has 0 aliphatic carbocycles. The number of anilines is 3. The molecule has 0 saturated heterocycles. The van der Waals surface area contributed by atoms with Gasteiger partial charge in [0.15, 0.2) is 11.6 Å². The van der Waals surface area contributed by atoms with E-state index in [2.05, 4.69) is 20.6 Å². The summed E-state index contributed by atoms with van der Waals surface area (Å²) in [5, 5.41) is 15.3. The molecule has 0 unspecified atom stereocenters. The third kappa shape index (κ3) is 4.63. The minimum absolute atomic E-state index is 0.0692. The van der Waals surface area contributed by atoms with E-state index in [9.17, 15) is 13.9 Å². The van der Waals surface area contributed by atoms with Gasteiger partial charge in [-0.1, -0.05) is 18.2 Å². The maximum Gasteiger partial charge on any atom is 0.229 e. The number of hydrogen-bond acceptors (Lipinski definition) is 5. The molecular formula is C18H16F2N4O. The van der Waals surface area contributed by atoms with Crippen LogP contribution in [0.3, 0.4) is 0 Å². The van der Waals surface area contributed by atoms with Gasteiger partial charge in [0.25, 0.3) is 0 Å². The molecule has 0 radical (unpaired) electrons. The van der Waals surface area contributed by atoms with Crippen molar-refractivity contribution in [3.05, 3.63) is 71.9 Å². The predicted octanol–water partition coefficient (Wildman–Crippen LogP) is 3.86. The van der Waals surface area contributed by atoms with Crippen LogP contribution in [0.2, 0.25) is 0 Å². The molecule has 0 amide bonds. The Morgan fingerprint density at radius 3 is 2.60 bits per heavy atom. The molecule has 3 N–H and O–H groups in total. The van der Waals surface area contributed by atoms with Gasteiger partial charge < -0.3 is 15.7 Å². The largest absolute Gasteiger partial charge is 0.508 e. The Balaban J connectivity index is 1.64. The molecule has 5 nitrogen and oxygen atoms in total. The molecular weight excluding hydrogens is 326 g/mol. The maximum atomic E-state index is 13.8. The van der Waals surface area contributed by atoms with Gasteiger partial charge in [0, 0.05) is 18.3 Å². The smallest absolute Gasteiger partial charge is 0.229 e. The fraction of sp³-hybridized carbons (Fsp3) is 0.111. The van der Waals surface area contributed by atoms with Crippen molar-refractivity contribution in [2.24, 2.45) is 0 Å². The summed E-state index contributed by atoms with van der Waals surface area (Å²) >= 11 is 0. The average molecular weight is 342 g/mol. The lowest BCUT2D eigenvalue weighted by molar-refractivity contribution is 0.475. The van der Waals surface area contributed by atoms with E-state index in [0.717, 1.165) is 11.8 Å². The first-order chi connectivity index (χ1) is 12.1.